The van der Waals surface area contributed by atoms with Crippen molar-refractivity contribution >= 4 is 104 Å². The van der Waals surface area contributed by atoms with Crippen molar-refractivity contribution in [1.82, 2.24) is 24.5 Å². The van der Waals surface area contributed by atoms with E-state index in [0.29, 0.717) is 0 Å². The normalized spacial score (nSPS) is 13.5. The molecule has 0 N–H and O–H groups in total. The van der Waals surface area contributed by atoms with Crippen LogP contribution in [0.1, 0.15) is 41.8 Å². The number of allylic oxidation sites excluding steroid dienone is 5. The van der Waals surface area contributed by atoms with Gasteiger partial charge in [0.2, 0.25) is 0 Å². The van der Waals surface area contributed by atoms with Crippen molar-refractivity contribution in [2.24, 2.45) is 0 Å². The summed E-state index contributed by atoms with van der Waals surface area (Å²) in [5.41, 5.74) is 22.1. The van der Waals surface area contributed by atoms with Crippen molar-refractivity contribution < 1.29 is 8.83 Å². The van der Waals surface area contributed by atoms with Crippen LogP contribution >= 0.6 is 11.3 Å². The maximum Gasteiger partial charge on any atom is 0.146 e. The number of fused-ring (bicyclic) bond motifs is 12. The third-order valence-electron chi connectivity index (χ3n) is 16.8. The van der Waals surface area contributed by atoms with Gasteiger partial charge in [0.1, 0.15) is 33.8 Å². The maximum atomic E-state index is 6.71. The summed E-state index contributed by atoms with van der Waals surface area (Å²) in [4.78, 5) is 19.8. The lowest BCUT2D eigenvalue weighted by Gasteiger charge is -2.16. The number of hydrogen-bond acceptors (Lipinski definition) is 7. The van der Waals surface area contributed by atoms with Gasteiger partial charge >= 0.3 is 0 Å². The first-order valence-electron chi connectivity index (χ1n) is 28.0. The fraction of sp³-hybridized carbons (Fsp3) is 0.0541. The van der Waals surface area contributed by atoms with Gasteiger partial charge in [-0.3, -0.25) is 14.5 Å². The molecule has 15 aromatic rings. The highest BCUT2D eigenvalue weighted by Gasteiger charge is 2.24. The molecule has 0 amide bonds. The molecule has 8 aromatic heterocycles. The lowest BCUT2D eigenvalue weighted by molar-refractivity contribution is 0.596. The SMILES string of the molecule is C1=CC(c2ccccn2)=C(c2cnc3c(c2)c2cccnc2n3-c2cccc(-c3ccc4oc5ccc(-c6cc(-c7ccccc7-c7ccccn7)cc7c6sc6c(-c8cccc9c%10c(oc89)C=CCC%10)cccc67)cc5c4c3)c2)CC1. The number of hydrogen-bond donors (Lipinski definition) is 0. The second-order valence-electron chi connectivity index (χ2n) is 21.4. The van der Waals surface area contributed by atoms with E-state index in [-0.39, 0.29) is 0 Å². The molecule has 17 rings (SSSR count). The van der Waals surface area contributed by atoms with E-state index >= 15 is 0 Å². The van der Waals surface area contributed by atoms with Gasteiger partial charge < -0.3 is 8.83 Å². The summed E-state index contributed by atoms with van der Waals surface area (Å²) in [5.74, 6) is 0.976. The van der Waals surface area contributed by atoms with Gasteiger partial charge in [-0.2, -0.15) is 0 Å². The standard InChI is InChI=1S/C74H47N5O2S/c1-3-19-52(65-27-7-9-34-75-65)50(17-1)47-40-60(72-63(41-47)58-25-13-24-57(71(58)82-72)56-23-12-22-55-54-21-5-6-29-67(54)81-70(55)56)46-31-33-69-62(39-46)61-38-45(30-32-68(61)80-69)44-15-11-16-49(37-44)79-73-59(26-14-36-77-73)64-42-48(43-78-74(64)79)51-18-2-4-20-53(51)66-28-8-10-35-76-66/h1,3-4,6-17,19-20,22-43H,2,5,18,21H2. The zero-order chi connectivity index (χ0) is 53.8. The Labute approximate surface area is 475 Å². The Morgan fingerprint density at radius 1 is 0.402 bits per heavy atom. The molecule has 2 aliphatic carbocycles. The second-order valence-corrected chi connectivity index (χ2v) is 22.5. The number of para-hydroxylation sites is 1. The summed E-state index contributed by atoms with van der Waals surface area (Å²) in [5, 5.41) is 7.87. The number of nitrogens with zero attached hydrogens (tertiary/aromatic N) is 5. The minimum atomic E-state index is 0.840. The number of aryl methyl sites for hydroxylation is 1. The number of benzene rings is 7. The molecule has 2 aliphatic rings. The summed E-state index contributed by atoms with van der Waals surface area (Å²) >= 11 is 1.86. The topological polar surface area (TPSA) is 82.8 Å². The average molecular weight is 1070 g/mol. The number of furan rings is 2. The van der Waals surface area contributed by atoms with E-state index in [1.807, 2.05) is 60.4 Å². The van der Waals surface area contributed by atoms with E-state index in [9.17, 15) is 0 Å². The Morgan fingerprint density at radius 3 is 1.94 bits per heavy atom. The zero-order valence-electron chi connectivity index (χ0n) is 44.3. The van der Waals surface area contributed by atoms with Crippen LogP contribution in [0.15, 0.2) is 240 Å². The lowest BCUT2D eigenvalue weighted by Crippen LogP contribution is -1.99. The van der Waals surface area contributed by atoms with Gasteiger partial charge in [0.15, 0.2) is 0 Å². The van der Waals surface area contributed by atoms with Crippen LogP contribution in [-0.4, -0.2) is 24.5 Å². The van der Waals surface area contributed by atoms with Gasteiger partial charge in [-0.05, 0) is 162 Å². The first kappa shape index (κ1) is 46.6. The third kappa shape index (κ3) is 7.42. The van der Waals surface area contributed by atoms with E-state index in [4.69, 9.17) is 28.8 Å². The Hall–Kier alpha value is -10.3. The Balaban J connectivity index is 0.808. The van der Waals surface area contributed by atoms with Gasteiger partial charge in [0, 0.05) is 111 Å². The van der Waals surface area contributed by atoms with Crippen molar-refractivity contribution in [2.75, 3.05) is 0 Å². The van der Waals surface area contributed by atoms with Crippen molar-refractivity contribution in [2.45, 2.75) is 25.7 Å². The van der Waals surface area contributed by atoms with Crippen molar-refractivity contribution in [3.63, 3.8) is 0 Å². The van der Waals surface area contributed by atoms with E-state index in [1.165, 1.54) is 42.3 Å². The minimum Gasteiger partial charge on any atom is -0.456 e. The lowest BCUT2D eigenvalue weighted by atomic mass is 9.90. The quantitative estimate of drug-likeness (QED) is 0.151. The zero-order valence-corrected chi connectivity index (χ0v) is 45.1. The summed E-state index contributed by atoms with van der Waals surface area (Å²) < 4.78 is 18.0. The maximum absolute atomic E-state index is 6.71. The van der Waals surface area contributed by atoms with Crippen LogP contribution in [0.5, 0.6) is 0 Å². The summed E-state index contributed by atoms with van der Waals surface area (Å²) in [6, 6.07) is 67.5. The first-order chi connectivity index (χ1) is 40.6. The average Bonchev–Trinajstić information content (AvgIpc) is 4.41. The molecule has 0 fully saturated rings. The minimum absolute atomic E-state index is 0.840. The molecule has 386 valence electrons. The van der Waals surface area contributed by atoms with Crippen molar-refractivity contribution in [3.8, 4) is 61.5 Å². The van der Waals surface area contributed by atoms with E-state index in [2.05, 4.69) is 193 Å². The highest BCUT2D eigenvalue weighted by atomic mass is 32.1. The molecule has 0 radical (unpaired) electrons. The van der Waals surface area contributed by atoms with Crippen LogP contribution in [0.4, 0.5) is 0 Å². The summed E-state index contributed by atoms with van der Waals surface area (Å²) in [6.45, 7) is 0. The molecular formula is C74H47N5O2S. The van der Waals surface area contributed by atoms with E-state index in [0.717, 1.165) is 154 Å². The Bertz CT molecular complexity index is 5230. The molecule has 0 bridgehead atoms. The van der Waals surface area contributed by atoms with E-state index < -0.39 is 0 Å². The van der Waals surface area contributed by atoms with Crippen molar-refractivity contribution in [3.05, 3.63) is 254 Å². The summed E-state index contributed by atoms with van der Waals surface area (Å²) in [6.07, 6.45) is 20.3. The van der Waals surface area contributed by atoms with Gasteiger partial charge in [0.05, 0.1) is 11.4 Å². The molecule has 0 saturated heterocycles. The number of rotatable bonds is 8. The molecule has 0 atom stereocenters. The monoisotopic (exact) mass is 1070 g/mol. The summed E-state index contributed by atoms with van der Waals surface area (Å²) in [7, 11) is 0. The molecule has 0 spiro atoms. The number of pyridine rings is 4. The Kier molecular flexibility index (Phi) is 10.6. The van der Waals surface area contributed by atoms with Gasteiger partial charge in [-0.25, -0.2) is 9.97 Å². The molecule has 0 saturated carbocycles. The fourth-order valence-corrected chi connectivity index (χ4v) is 14.3. The molecule has 7 aromatic carbocycles. The van der Waals surface area contributed by atoms with Gasteiger partial charge in [-0.15, -0.1) is 11.3 Å². The van der Waals surface area contributed by atoms with E-state index in [1.54, 1.807) is 0 Å². The smallest absolute Gasteiger partial charge is 0.146 e. The molecule has 0 unspecified atom stereocenters. The van der Waals surface area contributed by atoms with Crippen LogP contribution < -0.4 is 0 Å². The first-order valence-corrected chi connectivity index (χ1v) is 28.8. The molecule has 8 heterocycles. The molecule has 82 heavy (non-hydrogen) atoms. The third-order valence-corrected chi connectivity index (χ3v) is 18.1. The molecular weight excluding hydrogens is 1020 g/mol. The highest BCUT2D eigenvalue weighted by molar-refractivity contribution is 7.27. The van der Waals surface area contributed by atoms with Crippen LogP contribution in [0.2, 0.25) is 0 Å². The van der Waals surface area contributed by atoms with Crippen LogP contribution in [-0.2, 0) is 6.42 Å². The molecule has 7 nitrogen and oxygen atoms in total. The Morgan fingerprint density at radius 2 is 1.07 bits per heavy atom. The number of aromatic nitrogens is 5. The fourth-order valence-electron chi connectivity index (χ4n) is 13.0. The molecule has 0 aliphatic heterocycles. The largest absolute Gasteiger partial charge is 0.456 e. The van der Waals surface area contributed by atoms with Crippen LogP contribution in [0, 0.1) is 0 Å². The van der Waals surface area contributed by atoms with Crippen LogP contribution in [0.25, 0.3) is 154 Å². The van der Waals surface area contributed by atoms with Gasteiger partial charge in [-0.1, -0.05) is 115 Å². The molecule has 8 heteroatoms. The second kappa shape index (κ2) is 18.7. The predicted octanol–water partition coefficient (Wildman–Crippen LogP) is 19.9. The highest BCUT2D eigenvalue weighted by Crippen LogP contribution is 2.49. The van der Waals surface area contributed by atoms with Crippen molar-refractivity contribution in [1.29, 1.82) is 0 Å². The number of thiophene rings is 1. The van der Waals surface area contributed by atoms with Gasteiger partial charge in [0.25, 0.3) is 0 Å². The van der Waals surface area contributed by atoms with Crippen LogP contribution in [0.3, 0.4) is 0 Å². The predicted molar refractivity (Wildman–Crippen MR) is 338 cm³/mol.